The van der Waals surface area contributed by atoms with E-state index in [0.717, 1.165) is 11.0 Å². The lowest BCUT2D eigenvalue weighted by Crippen LogP contribution is -2.43. The molecule has 13 heteroatoms. The Morgan fingerprint density at radius 3 is 2.77 bits per heavy atom. The van der Waals surface area contributed by atoms with Gasteiger partial charge >= 0.3 is 11.9 Å². The minimum atomic E-state index is -3.26. The molecule has 3 heterocycles. The Kier molecular flexibility index (Phi) is 6.90. The van der Waals surface area contributed by atoms with Gasteiger partial charge in [-0.25, -0.2) is 27.3 Å². The number of amidine groups is 1. The third kappa shape index (κ3) is 5.05. The summed E-state index contributed by atoms with van der Waals surface area (Å²) in [6, 6.07) is 0.487. The van der Waals surface area contributed by atoms with E-state index in [0.29, 0.717) is 5.01 Å². The minimum Gasteiger partial charge on any atom is -0.480 e. The van der Waals surface area contributed by atoms with E-state index in [1.165, 1.54) is 36.6 Å². The number of esters is 1. The van der Waals surface area contributed by atoms with Crippen molar-refractivity contribution >= 4 is 29.1 Å². The zero-order valence-corrected chi connectivity index (χ0v) is 19.1. The fourth-order valence-electron chi connectivity index (χ4n) is 4.07. The van der Waals surface area contributed by atoms with Gasteiger partial charge in [0.2, 0.25) is 0 Å². The van der Waals surface area contributed by atoms with Crippen LogP contribution in [0, 0.1) is 11.6 Å². The number of hydrogen-bond acceptors (Lipinski definition) is 8. The fraction of sp³-hybridized carbons (Fsp3) is 0.364. The first-order valence-corrected chi connectivity index (χ1v) is 11.4. The molecule has 35 heavy (non-hydrogen) atoms. The number of aliphatic imine (C=N–C) groups is 1. The first kappa shape index (κ1) is 24.8. The van der Waals surface area contributed by atoms with E-state index in [1.54, 1.807) is 5.38 Å². The van der Waals surface area contributed by atoms with Crippen molar-refractivity contribution in [1.82, 2.24) is 15.2 Å². The topological polar surface area (TPSA) is 104 Å². The summed E-state index contributed by atoms with van der Waals surface area (Å²) in [5.41, 5.74) is -0.528. The van der Waals surface area contributed by atoms with Crippen LogP contribution in [0.3, 0.4) is 0 Å². The van der Waals surface area contributed by atoms with Gasteiger partial charge in [-0.2, -0.15) is 0 Å². The van der Waals surface area contributed by atoms with Crippen molar-refractivity contribution in [2.24, 2.45) is 4.99 Å². The molecule has 4 rings (SSSR count). The van der Waals surface area contributed by atoms with Gasteiger partial charge in [0.15, 0.2) is 22.5 Å². The molecular weight excluding hydrogens is 492 g/mol. The Labute approximate surface area is 200 Å². The van der Waals surface area contributed by atoms with E-state index in [2.05, 4.69) is 15.3 Å². The maximum atomic E-state index is 14.8. The van der Waals surface area contributed by atoms with Crippen LogP contribution >= 0.6 is 11.3 Å². The SMILES string of the molecule is CCOC(=O)C1=C(CN2CC(F)(F)CC2C(=O)O)NC(c2nccs2)=NC1c1cccc(F)c1F. The Bertz CT molecular complexity index is 1200. The van der Waals surface area contributed by atoms with Crippen LogP contribution in [0.5, 0.6) is 0 Å². The van der Waals surface area contributed by atoms with Crippen molar-refractivity contribution in [3.05, 3.63) is 63.3 Å². The summed E-state index contributed by atoms with van der Waals surface area (Å²) >= 11 is 1.17. The molecule has 0 aliphatic carbocycles. The summed E-state index contributed by atoms with van der Waals surface area (Å²) in [6.07, 6.45) is 0.577. The molecule has 2 aromatic rings. The third-order valence-corrected chi connectivity index (χ3v) is 6.33. The molecule has 2 aliphatic heterocycles. The normalized spacial score (nSPS) is 22.0. The number of carboxylic acid groups (broad SMARTS) is 1. The summed E-state index contributed by atoms with van der Waals surface area (Å²) < 4.78 is 62.3. The van der Waals surface area contributed by atoms with Crippen LogP contribution in [0.2, 0.25) is 0 Å². The molecule has 2 unspecified atom stereocenters. The third-order valence-electron chi connectivity index (χ3n) is 5.55. The highest BCUT2D eigenvalue weighted by Crippen LogP contribution is 2.37. The van der Waals surface area contributed by atoms with Gasteiger partial charge in [-0.3, -0.25) is 14.7 Å². The maximum absolute atomic E-state index is 14.8. The number of rotatable bonds is 7. The van der Waals surface area contributed by atoms with Crippen LogP contribution in [-0.2, 0) is 14.3 Å². The number of aromatic nitrogens is 1. The van der Waals surface area contributed by atoms with Crippen LogP contribution in [0.4, 0.5) is 17.6 Å². The zero-order valence-electron chi connectivity index (χ0n) is 18.3. The average molecular weight is 512 g/mol. The number of carbonyl (C=O) groups is 2. The van der Waals surface area contributed by atoms with Crippen molar-refractivity contribution in [3.63, 3.8) is 0 Å². The van der Waals surface area contributed by atoms with Gasteiger partial charge in [-0.1, -0.05) is 12.1 Å². The first-order valence-electron chi connectivity index (χ1n) is 10.5. The summed E-state index contributed by atoms with van der Waals surface area (Å²) in [7, 11) is 0. The molecule has 1 aromatic carbocycles. The molecule has 2 N–H and O–H groups in total. The second-order valence-corrected chi connectivity index (χ2v) is 8.81. The van der Waals surface area contributed by atoms with Crippen LogP contribution in [0.15, 0.2) is 46.0 Å². The number of carbonyl (C=O) groups excluding carboxylic acids is 1. The lowest BCUT2D eigenvalue weighted by atomic mass is 9.94. The maximum Gasteiger partial charge on any atom is 0.338 e. The molecule has 2 atom stereocenters. The number of benzene rings is 1. The van der Waals surface area contributed by atoms with Crippen LogP contribution in [-0.4, -0.2) is 64.4 Å². The van der Waals surface area contributed by atoms with Gasteiger partial charge in [0, 0.05) is 35.8 Å². The van der Waals surface area contributed by atoms with E-state index in [9.17, 15) is 32.3 Å². The molecule has 0 spiro atoms. The van der Waals surface area contributed by atoms with Crippen LogP contribution in [0.1, 0.15) is 30.0 Å². The lowest BCUT2D eigenvalue weighted by Gasteiger charge is -2.30. The largest absolute Gasteiger partial charge is 0.480 e. The Morgan fingerprint density at radius 1 is 1.34 bits per heavy atom. The van der Waals surface area contributed by atoms with Crippen molar-refractivity contribution in [1.29, 1.82) is 0 Å². The Hall–Kier alpha value is -3.32. The van der Waals surface area contributed by atoms with Gasteiger partial charge in [-0.05, 0) is 13.0 Å². The molecule has 186 valence electrons. The van der Waals surface area contributed by atoms with Crippen LogP contribution in [0.25, 0.3) is 0 Å². The molecule has 1 aromatic heterocycles. The molecule has 2 aliphatic rings. The van der Waals surface area contributed by atoms with Crippen LogP contribution < -0.4 is 5.32 Å². The van der Waals surface area contributed by atoms with Gasteiger partial charge in [0.1, 0.15) is 12.1 Å². The molecule has 8 nitrogen and oxygen atoms in total. The van der Waals surface area contributed by atoms with Gasteiger partial charge in [0.05, 0.1) is 18.7 Å². The molecule has 0 amide bonds. The van der Waals surface area contributed by atoms with Gasteiger partial charge < -0.3 is 15.2 Å². The molecule has 0 bridgehead atoms. The first-order chi connectivity index (χ1) is 16.6. The number of ether oxygens (including phenoxy) is 1. The monoisotopic (exact) mass is 512 g/mol. The summed E-state index contributed by atoms with van der Waals surface area (Å²) in [5, 5.41) is 14.3. The number of carboxylic acids is 1. The predicted octanol–water partition coefficient (Wildman–Crippen LogP) is 3.12. The van der Waals surface area contributed by atoms with E-state index in [-0.39, 0.29) is 29.3 Å². The Morgan fingerprint density at radius 2 is 2.11 bits per heavy atom. The van der Waals surface area contributed by atoms with Crippen molar-refractivity contribution in [3.8, 4) is 0 Å². The number of nitrogens with zero attached hydrogens (tertiary/aromatic N) is 3. The number of hydrogen-bond donors (Lipinski definition) is 2. The average Bonchev–Trinajstić information content (AvgIpc) is 3.43. The quantitative estimate of drug-likeness (QED) is 0.434. The van der Waals surface area contributed by atoms with E-state index in [4.69, 9.17) is 4.74 Å². The zero-order chi connectivity index (χ0) is 25.3. The molecule has 0 saturated carbocycles. The van der Waals surface area contributed by atoms with Gasteiger partial charge in [0.25, 0.3) is 5.92 Å². The number of thiazole rings is 1. The standard InChI is InChI=1S/C22H20F4N4O4S/c1-2-34-21(33)15-13(9-30-10-22(25,26)8-14(30)20(31)32)28-18(19-27-6-7-35-19)29-17(15)11-4-3-5-12(23)16(11)24/h3-7,14,17H,2,8-10H2,1H3,(H,28,29)(H,31,32). The van der Waals surface area contributed by atoms with Crippen molar-refractivity contribution in [2.75, 3.05) is 19.7 Å². The minimum absolute atomic E-state index is 0.0127. The molecular formula is C22H20F4N4O4S. The highest BCUT2D eigenvalue weighted by molar-refractivity contribution is 7.11. The lowest BCUT2D eigenvalue weighted by molar-refractivity contribution is -0.142. The smallest absolute Gasteiger partial charge is 0.338 e. The van der Waals surface area contributed by atoms with Crippen molar-refractivity contribution < 1.29 is 37.0 Å². The molecule has 1 fully saturated rings. The molecule has 1 saturated heterocycles. The number of aliphatic carboxylic acids is 1. The number of likely N-dealkylation sites (tertiary alicyclic amines) is 1. The summed E-state index contributed by atoms with van der Waals surface area (Å²) in [5.74, 6) is -7.94. The highest BCUT2D eigenvalue weighted by Gasteiger charge is 2.49. The number of nitrogens with one attached hydrogen (secondary N) is 1. The predicted molar refractivity (Wildman–Crippen MR) is 117 cm³/mol. The number of alkyl halides is 2. The molecule has 0 radical (unpaired) electrons. The van der Waals surface area contributed by atoms with E-state index in [1.807, 2.05) is 0 Å². The van der Waals surface area contributed by atoms with Crippen molar-refractivity contribution in [2.45, 2.75) is 31.4 Å². The van der Waals surface area contributed by atoms with Gasteiger partial charge in [-0.15, -0.1) is 11.3 Å². The summed E-state index contributed by atoms with van der Waals surface area (Å²) in [4.78, 5) is 34.2. The van der Waals surface area contributed by atoms with E-state index < -0.39 is 61.1 Å². The summed E-state index contributed by atoms with van der Waals surface area (Å²) in [6.45, 7) is 0.182. The van der Waals surface area contributed by atoms with E-state index >= 15 is 0 Å². The fourth-order valence-corrected chi connectivity index (χ4v) is 4.66. The second kappa shape index (κ2) is 9.74. The highest BCUT2D eigenvalue weighted by atomic mass is 32.1. The Balaban J connectivity index is 1.85. The second-order valence-electron chi connectivity index (χ2n) is 7.92. The number of halogens is 4.